The van der Waals surface area contributed by atoms with Crippen LogP contribution in [-0.2, 0) is 29.2 Å². The summed E-state index contributed by atoms with van der Waals surface area (Å²) < 4.78 is 28.1. The van der Waals surface area contributed by atoms with Gasteiger partial charge in [-0.25, -0.2) is 17.5 Å². The summed E-state index contributed by atoms with van der Waals surface area (Å²) in [6.07, 6.45) is 13.9. The quantitative estimate of drug-likeness (QED) is 0.304. The fourth-order valence-electron chi connectivity index (χ4n) is 9.68. The molecule has 0 aromatic heterocycles. The normalized spacial score (nSPS) is 34.3. The Hall–Kier alpha value is -2.74. The summed E-state index contributed by atoms with van der Waals surface area (Å²) in [5.41, 5.74) is -1.09. The minimum Gasteiger partial charge on any atom is -0.347 e. The van der Waals surface area contributed by atoms with E-state index in [4.69, 9.17) is 0 Å². The Morgan fingerprint density at radius 1 is 0.804 bits per heavy atom. The number of hydrogen-bond acceptors (Lipinski definition) is 7. The molecule has 6 rings (SSSR count). The lowest BCUT2D eigenvalue weighted by molar-refractivity contribution is -0.144. The molecule has 3 saturated carbocycles. The first kappa shape index (κ1) is 38.0. The summed E-state index contributed by atoms with van der Waals surface area (Å²) in [6, 6.07) is -3.24. The summed E-state index contributed by atoms with van der Waals surface area (Å²) in [5, 5.41) is 11.1. The second-order valence-corrected chi connectivity index (χ2v) is 19.2. The summed E-state index contributed by atoms with van der Waals surface area (Å²) in [5.74, 6) is -2.08. The van der Waals surface area contributed by atoms with Crippen LogP contribution < -0.4 is 21.3 Å². The maximum absolute atomic E-state index is 14.5. The molecule has 3 aliphatic carbocycles. The molecule has 6 fully saturated rings. The molecule has 4 N–H and O–H groups in total. The number of nitrogens with zero attached hydrogens (tertiary/aromatic N) is 2. The van der Waals surface area contributed by atoms with Gasteiger partial charge < -0.3 is 26.2 Å². The minimum atomic E-state index is -3.58. The van der Waals surface area contributed by atoms with Gasteiger partial charge in [-0.15, -0.1) is 0 Å². The van der Waals surface area contributed by atoms with Crippen LogP contribution >= 0.6 is 0 Å². The lowest BCUT2D eigenvalue weighted by Gasteiger charge is -2.42. The second kappa shape index (κ2) is 15.3. The Morgan fingerprint density at radius 2 is 1.41 bits per heavy atom. The Labute approximate surface area is 303 Å². The molecule has 0 aromatic rings. The monoisotopic (exact) mass is 732 g/mol. The number of fused-ring (bicyclic) bond motifs is 3. The Kier molecular flexibility index (Phi) is 11.4. The fourth-order valence-corrected chi connectivity index (χ4v) is 11.7. The molecule has 0 aromatic carbocycles. The molecular weight excluding hydrogens is 673 g/mol. The van der Waals surface area contributed by atoms with Gasteiger partial charge in [0.2, 0.25) is 27.6 Å². The van der Waals surface area contributed by atoms with E-state index in [-0.39, 0.29) is 29.2 Å². The number of ketones is 1. The van der Waals surface area contributed by atoms with Crippen molar-refractivity contribution in [2.75, 3.05) is 20.1 Å². The second-order valence-electron chi connectivity index (χ2n) is 17.0. The molecule has 51 heavy (non-hydrogen) atoms. The predicted octanol–water partition coefficient (Wildman–Crippen LogP) is 3.12. The van der Waals surface area contributed by atoms with Gasteiger partial charge in [0.15, 0.2) is 0 Å². The number of urea groups is 1. The largest absolute Gasteiger partial charge is 0.347 e. The van der Waals surface area contributed by atoms with Gasteiger partial charge in [0.25, 0.3) is 5.91 Å². The van der Waals surface area contributed by atoms with Crippen molar-refractivity contribution in [3.63, 3.8) is 0 Å². The Bertz CT molecular complexity index is 1460. The first-order chi connectivity index (χ1) is 24.3. The molecule has 0 unspecified atom stereocenters. The number of amides is 5. The van der Waals surface area contributed by atoms with E-state index in [0.717, 1.165) is 77.0 Å². The number of sulfonamides is 1. The smallest absolute Gasteiger partial charge is 0.315 e. The van der Waals surface area contributed by atoms with Crippen molar-refractivity contribution in [3.8, 4) is 0 Å². The molecule has 0 radical (unpaired) electrons. The van der Waals surface area contributed by atoms with E-state index in [2.05, 4.69) is 35.1 Å². The van der Waals surface area contributed by atoms with E-state index < -0.39 is 62.6 Å². The summed E-state index contributed by atoms with van der Waals surface area (Å²) in [7, 11) is -2.00. The molecule has 13 nitrogen and oxygen atoms in total. The molecule has 286 valence electrons. The van der Waals surface area contributed by atoms with Crippen molar-refractivity contribution >= 4 is 39.6 Å². The zero-order valence-corrected chi connectivity index (χ0v) is 31.7. The first-order valence-electron chi connectivity index (χ1n) is 19.8. The van der Waals surface area contributed by atoms with Crippen LogP contribution in [0.15, 0.2) is 0 Å². The Morgan fingerprint density at radius 3 is 2.02 bits per heavy atom. The summed E-state index contributed by atoms with van der Waals surface area (Å²) >= 11 is 0. The van der Waals surface area contributed by atoms with E-state index >= 15 is 0 Å². The highest BCUT2D eigenvalue weighted by Gasteiger charge is 2.69. The van der Waals surface area contributed by atoms with Crippen molar-refractivity contribution in [3.05, 3.63) is 0 Å². The fraction of sp³-hybridized carbons (Fsp3) is 0.865. The number of rotatable bonds is 6. The van der Waals surface area contributed by atoms with E-state index in [1.165, 1.54) is 4.31 Å². The van der Waals surface area contributed by atoms with Crippen LogP contribution in [0.4, 0.5) is 4.79 Å². The number of piperidine rings is 1. The number of hydrogen-bond donors (Lipinski definition) is 4. The van der Waals surface area contributed by atoms with Gasteiger partial charge >= 0.3 is 6.03 Å². The third-order valence-electron chi connectivity index (χ3n) is 13.1. The predicted molar refractivity (Wildman–Crippen MR) is 192 cm³/mol. The van der Waals surface area contributed by atoms with Crippen LogP contribution in [0.25, 0.3) is 0 Å². The van der Waals surface area contributed by atoms with Crippen LogP contribution in [0.5, 0.6) is 0 Å². The van der Waals surface area contributed by atoms with Crippen LogP contribution in [0.3, 0.4) is 0 Å². The standard InChI is InChI=1S/C37H60N6O7S/c1-36(2)25-23-43-30(29(25)36)32(45)39-26(31(44)33(46)38-24-17-18-24)15-11-8-6-4-5-7-9-12-16-27(34(43)47)40-35(48)41-37(20-13-10-14-21-37)28-19-22-42(3)51(28,49)50/h24-30H,4-23H2,1-3H3,(H,38,46)(H,39,45)(H2,40,41,48)/t25-,26-,27-,28-,29-,30-/m0/s1. The zero-order chi connectivity index (χ0) is 36.6. The van der Waals surface area contributed by atoms with Crippen LogP contribution in [0, 0.1) is 17.3 Å². The number of carbonyl (C=O) groups excluding carboxylic acids is 5. The van der Waals surface area contributed by atoms with Gasteiger partial charge in [-0.3, -0.25) is 19.2 Å². The first-order valence-corrected chi connectivity index (χ1v) is 21.3. The Balaban J connectivity index is 1.22. The average molecular weight is 733 g/mol. The molecule has 14 heteroatoms. The molecule has 6 aliphatic rings. The molecule has 0 spiro atoms. The minimum absolute atomic E-state index is 0.0155. The van der Waals surface area contributed by atoms with Crippen molar-refractivity contribution in [1.82, 2.24) is 30.5 Å². The third kappa shape index (κ3) is 8.11. The molecular formula is C37H60N6O7S. The van der Waals surface area contributed by atoms with Gasteiger partial charge in [-0.05, 0) is 62.2 Å². The summed E-state index contributed by atoms with van der Waals surface area (Å²) in [4.78, 5) is 70.5. The van der Waals surface area contributed by atoms with E-state index in [0.29, 0.717) is 51.6 Å². The van der Waals surface area contributed by atoms with Crippen molar-refractivity contribution in [2.24, 2.45) is 17.3 Å². The van der Waals surface area contributed by atoms with Crippen LogP contribution in [0.2, 0.25) is 0 Å². The van der Waals surface area contributed by atoms with Gasteiger partial charge in [-0.1, -0.05) is 84.5 Å². The maximum Gasteiger partial charge on any atom is 0.315 e. The highest BCUT2D eigenvalue weighted by molar-refractivity contribution is 7.90. The summed E-state index contributed by atoms with van der Waals surface area (Å²) in [6.45, 7) is 4.96. The lowest BCUT2D eigenvalue weighted by Crippen LogP contribution is -2.63. The van der Waals surface area contributed by atoms with Crippen molar-refractivity contribution < 1.29 is 32.4 Å². The molecule has 0 bridgehead atoms. The maximum atomic E-state index is 14.5. The van der Waals surface area contributed by atoms with Gasteiger partial charge in [0.05, 0.1) is 16.8 Å². The number of carbonyl (C=O) groups is 5. The highest BCUT2D eigenvalue weighted by atomic mass is 32.2. The molecule has 3 saturated heterocycles. The average Bonchev–Trinajstić information content (AvgIpc) is 3.89. The van der Waals surface area contributed by atoms with Crippen LogP contribution in [0.1, 0.15) is 129 Å². The van der Waals surface area contributed by atoms with E-state index in [1.54, 1.807) is 11.9 Å². The van der Waals surface area contributed by atoms with Gasteiger partial charge in [0, 0.05) is 26.2 Å². The number of nitrogens with one attached hydrogen (secondary N) is 4. The van der Waals surface area contributed by atoms with Crippen molar-refractivity contribution in [2.45, 2.75) is 164 Å². The highest BCUT2D eigenvalue weighted by Crippen LogP contribution is 2.65. The van der Waals surface area contributed by atoms with Gasteiger partial charge in [-0.2, -0.15) is 0 Å². The van der Waals surface area contributed by atoms with Gasteiger partial charge in [0.1, 0.15) is 12.1 Å². The SMILES string of the molecule is CN1CC[C@@H](C2(NC(=O)N[C@H]3CCCCCCCCCC[C@@H](C(=O)C(=O)NC4CC4)NC(=O)[C@@H]4[C@@H]5[C@H](CN4C3=O)C5(C)C)CCCCC2)S1(=O)=O. The lowest BCUT2D eigenvalue weighted by atomic mass is 9.78. The molecule has 3 aliphatic heterocycles. The van der Waals surface area contributed by atoms with E-state index in [9.17, 15) is 32.4 Å². The van der Waals surface area contributed by atoms with E-state index in [1.807, 2.05) is 0 Å². The molecule has 6 atom stereocenters. The third-order valence-corrected chi connectivity index (χ3v) is 15.6. The van der Waals surface area contributed by atoms with Crippen molar-refractivity contribution in [1.29, 1.82) is 0 Å². The topological polar surface area (TPSA) is 174 Å². The zero-order valence-electron chi connectivity index (χ0n) is 30.8. The van der Waals surface area contributed by atoms with Crippen LogP contribution in [-0.4, -0.2) is 102 Å². The number of Topliss-reactive ketones (excluding diaryl/α,β-unsaturated/α-hetero) is 1. The molecule has 5 amide bonds. The molecule has 3 heterocycles.